The predicted octanol–water partition coefficient (Wildman–Crippen LogP) is 3.56. The zero-order valence-electron chi connectivity index (χ0n) is 16.2. The third-order valence-corrected chi connectivity index (χ3v) is 4.01. The number of likely N-dealkylation sites (N-methyl/N-ethyl adjacent to an activating group) is 1. The molecule has 2 rings (SSSR count). The molecule has 0 bridgehead atoms. The van der Waals surface area contributed by atoms with Crippen LogP contribution in [0, 0.1) is 0 Å². The number of rotatable bonds is 7. The summed E-state index contributed by atoms with van der Waals surface area (Å²) in [6.07, 6.45) is -2.27. The van der Waals surface area contributed by atoms with Crippen LogP contribution in [0.3, 0.4) is 0 Å². The third kappa shape index (κ3) is 5.68. The van der Waals surface area contributed by atoms with Crippen molar-refractivity contribution < 1.29 is 18.0 Å². The minimum absolute atomic E-state index is 0. The lowest BCUT2D eigenvalue weighted by atomic mass is 10.1. The van der Waals surface area contributed by atoms with Gasteiger partial charge in [0.15, 0.2) is 5.82 Å². The second-order valence-electron chi connectivity index (χ2n) is 6.58. The molecule has 1 atom stereocenters. The molecule has 0 aliphatic heterocycles. The van der Waals surface area contributed by atoms with Gasteiger partial charge in [-0.15, -0.1) is 12.4 Å². The largest absolute Gasteiger partial charge is 0.417 e. The lowest BCUT2D eigenvalue weighted by Crippen LogP contribution is -2.39. The van der Waals surface area contributed by atoms with Gasteiger partial charge in [-0.3, -0.25) is 4.79 Å². The topological polar surface area (TPSA) is 71.8 Å². The predicted molar refractivity (Wildman–Crippen MR) is 103 cm³/mol. The maximum atomic E-state index is 12.7. The number of halogens is 4. The maximum absolute atomic E-state index is 12.7. The first-order valence-corrected chi connectivity index (χ1v) is 8.78. The Balaban J connectivity index is 0.00000392. The standard InChI is InChI=1S/C18H24F3N5O.ClH/c1-5-22-12(4)8-24-17(27)14-10-25-26(16(14)11(2)3)15-7-6-13(9-23-15)18(19,20)21;/h6-7,9-12,22H,5,8H2,1-4H3,(H,24,27);1H/t12-;/m1./s1. The van der Waals surface area contributed by atoms with E-state index in [1.54, 1.807) is 0 Å². The summed E-state index contributed by atoms with van der Waals surface area (Å²) in [5.74, 6) is -0.128. The van der Waals surface area contributed by atoms with Crippen molar-refractivity contribution in [2.75, 3.05) is 13.1 Å². The summed E-state index contributed by atoms with van der Waals surface area (Å²) in [6, 6.07) is 2.32. The monoisotopic (exact) mass is 419 g/mol. The van der Waals surface area contributed by atoms with Crippen molar-refractivity contribution in [2.45, 2.75) is 45.8 Å². The molecule has 0 saturated heterocycles. The molecule has 2 aromatic rings. The summed E-state index contributed by atoms with van der Waals surface area (Å²) in [5, 5.41) is 10.2. The number of alkyl halides is 3. The van der Waals surface area contributed by atoms with Crippen molar-refractivity contribution in [3.8, 4) is 5.82 Å². The van der Waals surface area contributed by atoms with Crippen LogP contribution in [0.1, 0.15) is 55.2 Å². The van der Waals surface area contributed by atoms with Gasteiger partial charge < -0.3 is 10.6 Å². The number of amides is 1. The van der Waals surface area contributed by atoms with E-state index < -0.39 is 11.7 Å². The summed E-state index contributed by atoms with van der Waals surface area (Å²) < 4.78 is 39.6. The molecule has 2 N–H and O–H groups in total. The fourth-order valence-electron chi connectivity index (χ4n) is 2.71. The molecule has 10 heteroatoms. The Bertz CT molecular complexity index is 775. The zero-order chi connectivity index (χ0) is 20.2. The molecule has 0 aliphatic rings. The van der Waals surface area contributed by atoms with Crippen molar-refractivity contribution in [1.29, 1.82) is 0 Å². The Kier molecular flexibility index (Phi) is 8.44. The molecule has 0 fully saturated rings. The number of pyridine rings is 1. The van der Waals surface area contributed by atoms with E-state index in [1.807, 2.05) is 27.7 Å². The van der Waals surface area contributed by atoms with Gasteiger partial charge in [-0.2, -0.15) is 18.3 Å². The van der Waals surface area contributed by atoms with Crippen molar-refractivity contribution in [3.63, 3.8) is 0 Å². The second kappa shape index (κ2) is 9.88. The first-order valence-electron chi connectivity index (χ1n) is 8.78. The van der Waals surface area contributed by atoms with Gasteiger partial charge in [0.25, 0.3) is 5.91 Å². The van der Waals surface area contributed by atoms with Crippen LogP contribution in [0.25, 0.3) is 5.82 Å². The molecule has 0 radical (unpaired) electrons. The molecule has 0 aromatic carbocycles. The zero-order valence-corrected chi connectivity index (χ0v) is 17.0. The van der Waals surface area contributed by atoms with E-state index in [4.69, 9.17) is 0 Å². The van der Waals surface area contributed by atoms with Gasteiger partial charge in [0, 0.05) is 18.8 Å². The van der Waals surface area contributed by atoms with Crippen LogP contribution in [0.15, 0.2) is 24.5 Å². The highest BCUT2D eigenvalue weighted by molar-refractivity contribution is 5.95. The van der Waals surface area contributed by atoms with Crippen molar-refractivity contribution >= 4 is 18.3 Å². The van der Waals surface area contributed by atoms with Crippen LogP contribution in [-0.2, 0) is 6.18 Å². The molecule has 6 nitrogen and oxygen atoms in total. The molecule has 0 saturated carbocycles. The normalized spacial score (nSPS) is 12.6. The summed E-state index contributed by atoms with van der Waals surface area (Å²) in [7, 11) is 0. The highest BCUT2D eigenvalue weighted by atomic mass is 35.5. The van der Waals surface area contributed by atoms with Crippen molar-refractivity contribution in [2.24, 2.45) is 0 Å². The van der Waals surface area contributed by atoms with Crippen molar-refractivity contribution in [3.05, 3.63) is 41.3 Å². The summed E-state index contributed by atoms with van der Waals surface area (Å²) in [5.41, 5.74) is 0.145. The summed E-state index contributed by atoms with van der Waals surface area (Å²) >= 11 is 0. The van der Waals surface area contributed by atoms with Crippen LogP contribution in [-0.4, -0.2) is 39.8 Å². The maximum Gasteiger partial charge on any atom is 0.417 e. The molecule has 1 amide bonds. The fraction of sp³-hybridized carbons (Fsp3) is 0.500. The SMILES string of the molecule is CCN[C@H](C)CNC(=O)c1cnn(-c2ccc(C(F)(F)F)cn2)c1C(C)C.Cl. The van der Waals surface area contributed by atoms with Crippen molar-refractivity contribution in [1.82, 2.24) is 25.4 Å². The molecule has 2 heterocycles. The molecule has 28 heavy (non-hydrogen) atoms. The first kappa shape index (κ1) is 23.9. The smallest absolute Gasteiger partial charge is 0.350 e. The minimum Gasteiger partial charge on any atom is -0.350 e. The molecular formula is C18H25ClF3N5O. The number of aromatic nitrogens is 3. The van der Waals surface area contributed by atoms with E-state index in [0.29, 0.717) is 17.8 Å². The number of carbonyl (C=O) groups is 1. The van der Waals surface area contributed by atoms with Crippen LogP contribution in [0.4, 0.5) is 13.2 Å². The minimum atomic E-state index is -4.45. The second-order valence-corrected chi connectivity index (χ2v) is 6.58. The molecule has 0 aliphatic carbocycles. The number of hydrogen-bond donors (Lipinski definition) is 2. The Morgan fingerprint density at radius 1 is 1.21 bits per heavy atom. The Labute approximate surface area is 168 Å². The first-order chi connectivity index (χ1) is 12.6. The van der Waals surface area contributed by atoms with Gasteiger partial charge in [-0.05, 0) is 31.5 Å². The fourth-order valence-corrected chi connectivity index (χ4v) is 2.71. The Morgan fingerprint density at radius 2 is 1.89 bits per heavy atom. The Morgan fingerprint density at radius 3 is 2.39 bits per heavy atom. The van der Waals surface area contributed by atoms with Gasteiger partial charge in [0.05, 0.1) is 23.0 Å². The molecule has 156 valence electrons. The van der Waals surface area contributed by atoms with Crippen LogP contribution in [0.2, 0.25) is 0 Å². The van der Waals surface area contributed by atoms with E-state index >= 15 is 0 Å². The molecule has 0 spiro atoms. The lowest BCUT2D eigenvalue weighted by molar-refractivity contribution is -0.137. The Hall–Kier alpha value is -2.13. The van der Waals surface area contributed by atoms with Gasteiger partial charge in [-0.25, -0.2) is 9.67 Å². The van der Waals surface area contributed by atoms with Gasteiger partial charge >= 0.3 is 6.18 Å². The number of nitrogens with one attached hydrogen (secondary N) is 2. The highest BCUT2D eigenvalue weighted by Gasteiger charge is 2.31. The lowest BCUT2D eigenvalue weighted by Gasteiger charge is -2.15. The number of carbonyl (C=O) groups excluding carboxylic acids is 1. The molecule has 2 aromatic heterocycles. The van der Waals surface area contributed by atoms with Crippen LogP contribution >= 0.6 is 12.4 Å². The van der Waals surface area contributed by atoms with Gasteiger partial charge in [-0.1, -0.05) is 20.8 Å². The summed E-state index contributed by atoms with van der Waals surface area (Å²) in [6.45, 7) is 8.96. The van der Waals surface area contributed by atoms with Crippen LogP contribution in [0.5, 0.6) is 0 Å². The van der Waals surface area contributed by atoms with E-state index in [0.717, 1.165) is 18.8 Å². The van der Waals surface area contributed by atoms with E-state index in [-0.39, 0.29) is 36.1 Å². The molecular weight excluding hydrogens is 395 g/mol. The van der Waals surface area contributed by atoms with Crippen LogP contribution < -0.4 is 10.6 Å². The van der Waals surface area contributed by atoms with E-state index in [9.17, 15) is 18.0 Å². The average molecular weight is 420 g/mol. The average Bonchev–Trinajstić information content (AvgIpc) is 3.04. The quantitative estimate of drug-likeness (QED) is 0.719. The number of hydrogen-bond acceptors (Lipinski definition) is 4. The summed E-state index contributed by atoms with van der Waals surface area (Å²) in [4.78, 5) is 16.4. The third-order valence-electron chi connectivity index (χ3n) is 4.01. The van der Waals surface area contributed by atoms with Gasteiger partial charge in [0.1, 0.15) is 0 Å². The molecule has 0 unspecified atom stereocenters. The van der Waals surface area contributed by atoms with Gasteiger partial charge in [0.2, 0.25) is 0 Å². The highest BCUT2D eigenvalue weighted by Crippen LogP contribution is 2.29. The van der Waals surface area contributed by atoms with E-state index in [2.05, 4.69) is 20.7 Å². The number of nitrogens with zero attached hydrogens (tertiary/aromatic N) is 3. The van der Waals surface area contributed by atoms with E-state index in [1.165, 1.54) is 16.9 Å².